The predicted molar refractivity (Wildman–Crippen MR) is 48.1 cm³/mol. The van der Waals surface area contributed by atoms with Crippen LogP contribution in [0.4, 0.5) is 10.5 Å². The quantitative estimate of drug-likeness (QED) is 0.627. The molecule has 0 aliphatic carbocycles. The van der Waals surface area contributed by atoms with E-state index in [1.54, 1.807) is 12.1 Å². The molecule has 0 saturated carbocycles. The van der Waals surface area contributed by atoms with E-state index in [-0.39, 0.29) is 0 Å². The molecular weight excluding hydrogens is 234 g/mol. The van der Waals surface area contributed by atoms with Crippen molar-refractivity contribution in [3.05, 3.63) is 38.7 Å². The first-order chi connectivity index (χ1) is 6.22. The zero-order valence-electron chi connectivity index (χ0n) is 6.28. The van der Waals surface area contributed by atoms with Gasteiger partial charge in [0, 0.05) is 4.47 Å². The molecule has 1 aromatic carbocycles. The molecule has 13 heavy (non-hydrogen) atoms. The average molecular weight is 236 g/mol. The lowest BCUT2D eigenvalue weighted by atomic mass is 10.3. The van der Waals surface area contributed by atoms with Gasteiger partial charge in [-0.2, -0.15) is 4.99 Å². The molecule has 5 heteroatoms. The molecule has 1 aliphatic rings. The topological polar surface area (TPSA) is 46.1 Å². The van der Waals surface area contributed by atoms with Crippen LogP contribution in [-0.4, -0.2) is 6.03 Å². The number of nitrogens with zero attached hydrogens (tertiary/aromatic N) is 3. The fourth-order valence-electron chi connectivity index (χ4n) is 1.07. The van der Waals surface area contributed by atoms with Crippen molar-refractivity contribution in [2.24, 2.45) is 9.98 Å². The van der Waals surface area contributed by atoms with Gasteiger partial charge < -0.3 is 0 Å². The summed E-state index contributed by atoms with van der Waals surface area (Å²) in [6.45, 7) is 6.90. The van der Waals surface area contributed by atoms with Crippen LogP contribution in [0.2, 0.25) is 0 Å². The molecule has 0 bridgehead atoms. The van der Waals surface area contributed by atoms with Crippen molar-refractivity contribution in [1.29, 1.82) is 0 Å². The molecular formula is C8H2BrN3O. The van der Waals surface area contributed by atoms with Crippen molar-refractivity contribution in [2.75, 3.05) is 0 Å². The SMILES string of the molecule is [C-]#[N+]c1c(Br)ccc2c1=NC(=O)N=2. The van der Waals surface area contributed by atoms with Crippen molar-refractivity contribution in [3.63, 3.8) is 0 Å². The lowest BCUT2D eigenvalue weighted by Gasteiger charge is -1.91. The van der Waals surface area contributed by atoms with Gasteiger partial charge in [-0.05, 0) is 6.07 Å². The Bertz CT molecular complexity index is 556. The zero-order valence-corrected chi connectivity index (χ0v) is 7.87. The Morgan fingerprint density at radius 1 is 1.38 bits per heavy atom. The summed E-state index contributed by atoms with van der Waals surface area (Å²) in [4.78, 5) is 21.4. The van der Waals surface area contributed by atoms with Crippen molar-refractivity contribution in [2.45, 2.75) is 0 Å². The van der Waals surface area contributed by atoms with Gasteiger partial charge in [0.05, 0.1) is 11.9 Å². The van der Waals surface area contributed by atoms with E-state index in [0.717, 1.165) is 0 Å². The molecule has 2 amide bonds. The van der Waals surface area contributed by atoms with Crippen molar-refractivity contribution < 1.29 is 4.79 Å². The highest BCUT2D eigenvalue weighted by Gasteiger charge is 2.11. The number of amides is 2. The van der Waals surface area contributed by atoms with Gasteiger partial charge >= 0.3 is 6.03 Å². The van der Waals surface area contributed by atoms with Crippen LogP contribution in [0.25, 0.3) is 4.85 Å². The Morgan fingerprint density at radius 3 is 2.85 bits per heavy atom. The molecule has 0 radical (unpaired) electrons. The first-order valence-electron chi connectivity index (χ1n) is 3.40. The maximum Gasteiger partial charge on any atom is 0.366 e. The number of carbonyl (C=O) groups excluding carboxylic acids is 1. The molecule has 0 spiro atoms. The summed E-state index contributed by atoms with van der Waals surface area (Å²) >= 11 is 3.20. The number of halogens is 1. The number of rotatable bonds is 0. The van der Waals surface area contributed by atoms with Crippen molar-refractivity contribution in [1.82, 2.24) is 0 Å². The van der Waals surface area contributed by atoms with Crippen LogP contribution in [0.3, 0.4) is 0 Å². The number of hydrogen-bond acceptors (Lipinski definition) is 1. The van der Waals surface area contributed by atoms with E-state index in [9.17, 15) is 4.79 Å². The maximum atomic E-state index is 10.8. The summed E-state index contributed by atoms with van der Waals surface area (Å²) in [5, 5.41) is 0.841. The number of urea groups is 1. The third-order valence-electron chi connectivity index (χ3n) is 1.62. The van der Waals surface area contributed by atoms with Gasteiger partial charge in [-0.3, -0.25) is 0 Å². The third kappa shape index (κ3) is 1.15. The second kappa shape index (κ2) is 2.75. The molecule has 1 aliphatic heterocycles. The molecule has 4 nitrogen and oxygen atoms in total. The van der Waals surface area contributed by atoms with E-state index in [2.05, 4.69) is 30.8 Å². The number of benzene rings is 1. The first-order valence-corrected chi connectivity index (χ1v) is 4.19. The fourth-order valence-corrected chi connectivity index (χ4v) is 1.48. The maximum absolute atomic E-state index is 10.8. The number of fused-ring (bicyclic) bond motifs is 1. The van der Waals surface area contributed by atoms with E-state index in [1.807, 2.05) is 0 Å². The molecule has 0 unspecified atom stereocenters. The molecule has 0 N–H and O–H groups in total. The van der Waals surface area contributed by atoms with Gasteiger partial charge in [-0.1, -0.05) is 22.0 Å². The second-order valence-corrected chi connectivity index (χ2v) is 3.24. The predicted octanol–water partition coefficient (Wildman–Crippen LogP) is 1.37. The second-order valence-electron chi connectivity index (χ2n) is 2.38. The van der Waals surface area contributed by atoms with Crippen LogP contribution in [0, 0.1) is 6.57 Å². The standard InChI is InChI=1S/C8H2BrN3O/c1-10-6-4(9)2-3-5-7(6)12-8(13)11-5/h2-3H. The largest absolute Gasteiger partial charge is 0.366 e. The van der Waals surface area contributed by atoms with Crippen LogP contribution in [0.5, 0.6) is 0 Å². The Hall–Kier alpha value is -1.54. The summed E-state index contributed by atoms with van der Waals surface area (Å²) in [6.07, 6.45) is 0. The average Bonchev–Trinajstić information content (AvgIpc) is 2.45. The zero-order chi connectivity index (χ0) is 9.42. The van der Waals surface area contributed by atoms with Crippen molar-refractivity contribution >= 4 is 27.6 Å². The Morgan fingerprint density at radius 2 is 2.15 bits per heavy atom. The highest BCUT2D eigenvalue weighted by molar-refractivity contribution is 9.10. The first kappa shape index (κ1) is 8.08. The summed E-state index contributed by atoms with van der Waals surface area (Å²) in [6, 6.07) is 2.80. The number of carbonyl (C=O) groups is 1. The smallest absolute Gasteiger partial charge is 0.244 e. The molecule has 0 fully saturated rings. The molecule has 1 aromatic rings. The molecule has 2 rings (SSSR count). The molecule has 0 saturated heterocycles. The third-order valence-corrected chi connectivity index (χ3v) is 2.26. The van der Waals surface area contributed by atoms with Gasteiger partial charge in [0.1, 0.15) is 5.36 Å². The highest BCUT2D eigenvalue weighted by atomic mass is 79.9. The van der Waals surface area contributed by atoms with Crippen molar-refractivity contribution in [3.8, 4) is 0 Å². The molecule has 0 atom stereocenters. The highest BCUT2D eigenvalue weighted by Crippen LogP contribution is 2.19. The van der Waals surface area contributed by atoms with Gasteiger partial charge in [0.15, 0.2) is 0 Å². The van der Waals surface area contributed by atoms with Crippen LogP contribution < -0.4 is 10.7 Å². The van der Waals surface area contributed by atoms with E-state index in [0.29, 0.717) is 20.9 Å². The van der Waals surface area contributed by atoms with Gasteiger partial charge in [-0.25, -0.2) is 14.6 Å². The Kier molecular flexibility index (Phi) is 1.71. The monoisotopic (exact) mass is 235 g/mol. The van der Waals surface area contributed by atoms with E-state index in [1.165, 1.54) is 0 Å². The normalized spacial score (nSPS) is 12.8. The van der Waals surface area contributed by atoms with Crippen LogP contribution in [0.15, 0.2) is 26.6 Å². The summed E-state index contributed by atoms with van der Waals surface area (Å²) in [7, 11) is 0. The Labute approximate surface area is 81.6 Å². The van der Waals surface area contributed by atoms with E-state index >= 15 is 0 Å². The lowest BCUT2D eigenvalue weighted by molar-refractivity contribution is 0.257. The van der Waals surface area contributed by atoms with Gasteiger partial charge in [-0.15, -0.1) is 0 Å². The lowest BCUT2D eigenvalue weighted by Crippen LogP contribution is -2.21. The minimum Gasteiger partial charge on any atom is -0.244 e. The summed E-state index contributed by atoms with van der Waals surface area (Å²) < 4.78 is 0.634. The van der Waals surface area contributed by atoms with E-state index < -0.39 is 6.03 Å². The van der Waals surface area contributed by atoms with Crippen LogP contribution in [-0.2, 0) is 0 Å². The molecule has 62 valence electrons. The Balaban J connectivity index is 2.99. The van der Waals surface area contributed by atoms with Gasteiger partial charge in [0.25, 0.3) is 0 Å². The fraction of sp³-hybridized carbons (Fsp3) is 0. The van der Waals surface area contributed by atoms with E-state index in [4.69, 9.17) is 6.57 Å². The number of hydrogen-bond donors (Lipinski definition) is 0. The molecule has 0 aromatic heterocycles. The van der Waals surface area contributed by atoms with Crippen LogP contribution >= 0.6 is 15.9 Å². The summed E-state index contributed by atoms with van der Waals surface area (Å²) in [5.74, 6) is 0. The summed E-state index contributed by atoms with van der Waals surface area (Å²) in [5.41, 5.74) is 0.340. The van der Waals surface area contributed by atoms with Crippen LogP contribution in [0.1, 0.15) is 0 Å². The minimum atomic E-state index is -0.544. The minimum absolute atomic E-state index is 0.340. The molecule has 1 heterocycles. The van der Waals surface area contributed by atoms with Gasteiger partial charge in [0.2, 0.25) is 5.69 Å².